The Labute approximate surface area is 125 Å². The first-order valence-electron chi connectivity index (χ1n) is 5.22. The Morgan fingerprint density at radius 3 is 2.42 bits per heavy atom. The van der Waals surface area contributed by atoms with Gasteiger partial charge in [-0.15, -0.1) is 0 Å². The van der Waals surface area contributed by atoms with Gasteiger partial charge in [-0.25, -0.2) is 4.79 Å². The maximum atomic E-state index is 11.4. The number of esters is 1. The van der Waals surface area contributed by atoms with E-state index in [4.69, 9.17) is 34.8 Å². The molecule has 98 valence electrons. The summed E-state index contributed by atoms with van der Waals surface area (Å²) in [6, 6.07) is 6.57. The number of rotatable bonds is 2. The lowest BCUT2D eigenvalue weighted by Gasteiger charge is -2.06. The van der Waals surface area contributed by atoms with Crippen molar-refractivity contribution in [1.82, 2.24) is 4.98 Å². The maximum absolute atomic E-state index is 11.4. The third kappa shape index (κ3) is 3.00. The molecule has 1 aromatic carbocycles. The van der Waals surface area contributed by atoms with Gasteiger partial charge in [0.25, 0.3) is 0 Å². The SMILES string of the molecule is COC(=O)c1cnc(-c2ccc(Cl)c(Cl)c2)c(Cl)c1. The van der Waals surface area contributed by atoms with Crippen LogP contribution in [0, 0.1) is 0 Å². The van der Waals surface area contributed by atoms with Gasteiger partial charge in [-0.05, 0) is 18.2 Å². The summed E-state index contributed by atoms with van der Waals surface area (Å²) in [5.41, 5.74) is 1.53. The molecule has 0 aliphatic carbocycles. The van der Waals surface area contributed by atoms with Crippen LogP contribution in [0.2, 0.25) is 15.1 Å². The Bertz CT molecular complexity index is 644. The number of methoxy groups -OCH3 is 1. The van der Waals surface area contributed by atoms with Gasteiger partial charge in [-0.2, -0.15) is 0 Å². The lowest BCUT2D eigenvalue weighted by atomic mass is 10.1. The van der Waals surface area contributed by atoms with Crippen LogP contribution in [0.5, 0.6) is 0 Å². The lowest BCUT2D eigenvalue weighted by molar-refractivity contribution is 0.0600. The fourth-order valence-corrected chi connectivity index (χ4v) is 2.10. The summed E-state index contributed by atoms with van der Waals surface area (Å²) in [7, 11) is 1.29. The number of benzene rings is 1. The van der Waals surface area contributed by atoms with E-state index in [1.54, 1.807) is 18.2 Å². The molecule has 0 radical (unpaired) electrons. The topological polar surface area (TPSA) is 39.2 Å². The van der Waals surface area contributed by atoms with Crippen LogP contribution in [-0.4, -0.2) is 18.1 Å². The minimum Gasteiger partial charge on any atom is -0.465 e. The molecule has 0 amide bonds. The number of hydrogen-bond donors (Lipinski definition) is 0. The zero-order chi connectivity index (χ0) is 14.0. The predicted molar refractivity (Wildman–Crippen MR) is 76.0 cm³/mol. The molecule has 2 rings (SSSR count). The van der Waals surface area contributed by atoms with Crippen LogP contribution in [0.3, 0.4) is 0 Å². The number of carbonyl (C=O) groups excluding carboxylic acids is 1. The molecule has 19 heavy (non-hydrogen) atoms. The molecule has 0 unspecified atom stereocenters. The molecule has 0 fully saturated rings. The van der Waals surface area contributed by atoms with Gasteiger partial charge in [-0.1, -0.05) is 40.9 Å². The van der Waals surface area contributed by atoms with Crippen molar-refractivity contribution >= 4 is 40.8 Å². The molecule has 0 atom stereocenters. The second kappa shape index (κ2) is 5.78. The van der Waals surface area contributed by atoms with E-state index in [2.05, 4.69) is 9.72 Å². The standard InChI is InChI=1S/C13H8Cl3NO2/c1-19-13(18)8-5-11(16)12(17-6-8)7-2-3-9(14)10(15)4-7/h2-6H,1H3. The number of hydrogen-bond acceptors (Lipinski definition) is 3. The normalized spacial score (nSPS) is 10.3. The molecule has 0 aliphatic heterocycles. The summed E-state index contributed by atoms with van der Waals surface area (Å²) < 4.78 is 4.60. The van der Waals surface area contributed by atoms with Gasteiger partial charge >= 0.3 is 5.97 Å². The van der Waals surface area contributed by atoms with Crippen LogP contribution >= 0.6 is 34.8 Å². The van der Waals surface area contributed by atoms with E-state index in [-0.39, 0.29) is 5.56 Å². The third-order valence-electron chi connectivity index (χ3n) is 2.46. The average Bonchev–Trinajstić information content (AvgIpc) is 2.41. The first kappa shape index (κ1) is 14.1. The summed E-state index contributed by atoms with van der Waals surface area (Å²) >= 11 is 17.9. The highest BCUT2D eigenvalue weighted by Crippen LogP contribution is 2.31. The van der Waals surface area contributed by atoms with E-state index < -0.39 is 5.97 Å². The highest BCUT2D eigenvalue weighted by Gasteiger charge is 2.12. The molecule has 0 aliphatic rings. The van der Waals surface area contributed by atoms with Crippen molar-refractivity contribution in [1.29, 1.82) is 0 Å². The van der Waals surface area contributed by atoms with Crippen molar-refractivity contribution in [3.63, 3.8) is 0 Å². The molecule has 2 aromatic rings. The Balaban J connectivity index is 2.46. The van der Waals surface area contributed by atoms with Crippen LogP contribution in [0.15, 0.2) is 30.5 Å². The van der Waals surface area contributed by atoms with Gasteiger partial charge in [0.2, 0.25) is 0 Å². The number of aromatic nitrogens is 1. The smallest absolute Gasteiger partial charge is 0.339 e. The number of pyridine rings is 1. The number of halogens is 3. The van der Waals surface area contributed by atoms with E-state index in [0.717, 1.165) is 5.56 Å². The monoisotopic (exact) mass is 315 g/mol. The molecular weight excluding hydrogens is 309 g/mol. The Hall–Kier alpha value is -1.29. The molecular formula is C13H8Cl3NO2. The van der Waals surface area contributed by atoms with Crippen molar-refractivity contribution < 1.29 is 9.53 Å². The van der Waals surface area contributed by atoms with E-state index in [9.17, 15) is 4.79 Å². The van der Waals surface area contributed by atoms with Gasteiger partial charge in [0.05, 0.1) is 33.4 Å². The summed E-state index contributed by atoms with van der Waals surface area (Å²) in [4.78, 5) is 15.5. The first-order valence-corrected chi connectivity index (χ1v) is 6.35. The molecule has 0 bridgehead atoms. The summed E-state index contributed by atoms with van der Waals surface area (Å²) in [6.07, 6.45) is 1.40. The van der Waals surface area contributed by atoms with E-state index in [1.807, 2.05) is 0 Å². The molecule has 0 saturated heterocycles. The lowest BCUT2D eigenvalue weighted by Crippen LogP contribution is -2.02. The van der Waals surface area contributed by atoms with Gasteiger partial charge in [0.1, 0.15) is 0 Å². The molecule has 0 saturated carbocycles. The summed E-state index contributed by atoms with van der Waals surface area (Å²) in [6.45, 7) is 0. The zero-order valence-corrected chi connectivity index (χ0v) is 12.1. The van der Waals surface area contributed by atoms with Crippen molar-refractivity contribution in [2.24, 2.45) is 0 Å². The summed E-state index contributed by atoms with van der Waals surface area (Å²) in [5.74, 6) is -0.491. The van der Waals surface area contributed by atoms with Crippen molar-refractivity contribution in [2.75, 3.05) is 7.11 Å². The van der Waals surface area contributed by atoms with Gasteiger partial charge in [0.15, 0.2) is 0 Å². The zero-order valence-electron chi connectivity index (χ0n) is 9.78. The fraction of sp³-hybridized carbons (Fsp3) is 0.0769. The Morgan fingerprint density at radius 1 is 1.11 bits per heavy atom. The fourth-order valence-electron chi connectivity index (χ4n) is 1.52. The maximum Gasteiger partial charge on any atom is 0.339 e. The van der Waals surface area contributed by atoms with Gasteiger partial charge in [-0.3, -0.25) is 4.98 Å². The van der Waals surface area contributed by atoms with Crippen molar-refractivity contribution in [3.05, 3.63) is 51.1 Å². The Morgan fingerprint density at radius 2 is 1.84 bits per heavy atom. The minimum absolute atomic E-state index is 0.288. The first-order chi connectivity index (χ1) is 9.02. The van der Waals surface area contributed by atoms with Gasteiger partial charge in [0, 0.05) is 11.8 Å². The van der Waals surface area contributed by atoms with Crippen LogP contribution < -0.4 is 0 Å². The largest absolute Gasteiger partial charge is 0.465 e. The molecule has 0 spiro atoms. The summed E-state index contributed by atoms with van der Waals surface area (Å²) in [5, 5.41) is 1.20. The van der Waals surface area contributed by atoms with E-state index in [0.29, 0.717) is 20.8 Å². The van der Waals surface area contributed by atoms with E-state index >= 15 is 0 Å². The van der Waals surface area contributed by atoms with Crippen molar-refractivity contribution in [2.45, 2.75) is 0 Å². The van der Waals surface area contributed by atoms with E-state index in [1.165, 1.54) is 19.4 Å². The van der Waals surface area contributed by atoms with Crippen LogP contribution in [0.4, 0.5) is 0 Å². The van der Waals surface area contributed by atoms with Gasteiger partial charge < -0.3 is 4.74 Å². The molecule has 0 N–H and O–H groups in total. The molecule has 1 aromatic heterocycles. The average molecular weight is 317 g/mol. The highest BCUT2D eigenvalue weighted by molar-refractivity contribution is 6.42. The van der Waals surface area contributed by atoms with Crippen LogP contribution in [0.1, 0.15) is 10.4 Å². The number of nitrogens with zero attached hydrogens (tertiary/aromatic N) is 1. The quantitative estimate of drug-likeness (QED) is 0.766. The number of ether oxygens (including phenoxy) is 1. The third-order valence-corrected chi connectivity index (χ3v) is 3.48. The molecule has 3 nitrogen and oxygen atoms in total. The Kier molecular flexibility index (Phi) is 4.30. The molecule has 1 heterocycles. The predicted octanol–water partition coefficient (Wildman–Crippen LogP) is 4.50. The second-order valence-electron chi connectivity index (χ2n) is 3.67. The van der Waals surface area contributed by atoms with Crippen LogP contribution in [0.25, 0.3) is 11.3 Å². The highest BCUT2D eigenvalue weighted by atomic mass is 35.5. The minimum atomic E-state index is -0.491. The van der Waals surface area contributed by atoms with Crippen LogP contribution in [-0.2, 0) is 4.74 Å². The molecule has 6 heteroatoms. The number of carbonyl (C=O) groups is 1. The van der Waals surface area contributed by atoms with Crippen molar-refractivity contribution in [3.8, 4) is 11.3 Å². The second-order valence-corrected chi connectivity index (χ2v) is 4.90.